The smallest absolute Gasteiger partial charge is 0.223 e. The highest BCUT2D eigenvalue weighted by Gasteiger charge is 2.20. The summed E-state index contributed by atoms with van der Waals surface area (Å²) in [7, 11) is -3.48. The van der Waals surface area contributed by atoms with E-state index in [1.54, 1.807) is 59.0 Å². The maximum Gasteiger partial charge on any atom is 0.223 e. The van der Waals surface area contributed by atoms with Crippen LogP contribution in [-0.2, 0) is 27.6 Å². The second kappa shape index (κ2) is 9.61. The molecular weight excluding hydrogens is 392 g/mol. The van der Waals surface area contributed by atoms with Crippen LogP contribution in [0.1, 0.15) is 16.9 Å². The van der Waals surface area contributed by atoms with Gasteiger partial charge in [0.15, 0.2) is 9.84 Å². The second-order valence-electron chi connectivity index (χ2n) is 6.39. The van der Waals surface area contributed by atoms with Crippen molar-refractivity contribution in [3.05, 3.63) is 82.8 Å². The summed E-state index contributed by atoms with van der Waals surface area (Å²) in [5, 5.41) is 2.01. The first-order valence-corrected chi connectivity index (χ1v) is 11.5. The van der Waals surface area contributed by atoms with E-state index < -0.39 is 9.84 Å². The largest absolute Gasteiger partial charge is 0.338 e. The standard InChI is InChI=1S/C21H22N2O3S2/c24-21(11-15-28(25,26)20-8-2-1-3-9-20)23(13-10-19-7-5-14-27-19)17-18-6-4-12-22-16-18/h1-9,12,14,16H,10-11,13,15,17H2. The van der Waals surface area contributed by atoms with E-state index in [-0.39, 0.29) is 23.0 Å². The van der Waals surface area contributed by atoms with E-state index in [9.17, 15) is 13.2 Å². The molecule has 0 unspecified atom stereocenters. The Hall–Kier alpha value is -2.51. The zero-order valence-corrected chi connectivity index (χ0v) is 17.0. The highest BCUT2D eigenvalue weighted by atomic mass is 32.2. The minimum absolute atomic E-state index is 0.0398. The van der Waals surface area contributed by atoms with Crippen LogP contribution in [0.5, 0.6) is 0 Å². The Morgan fingerprint density at radius 1 is 1.04 bits per heavy atom. The number of hydrogen-bond acceptors (Lipinski definition) is 5. The molecule has 28 heavy (non-hydrogen) atoms. The molecule has 0 bridgehead atoms. The molecule has 1 amide bonds. The molecule has 5 nitrogen and oxygen atoms in total. The van der Waals surface area contributed by atoms with Crippen LogP contribution in [0.25, 0.3) is 0 Å². The molecular formula is C21H22N2O3S2. The molecule has 0 saturated heterocycles. The summed E-state index contributed by atoms with van der Waals surface area (Å²) >= 11 is 1.65. The molecule has 0 aliphatic carbocycles. The third-order valence-corrected chi connectivity index (χ3v) is 7.01. The van der Waals surface area contributed by atoms with Gasteiger partial charge in [0.1, 0.15) is 0 Å². The molecule has 3 aromatic rings. The predicted octanol–water partition coefficient (Wildman–Crippen LogP) is 3.58. The average Bonchev–Trinajstić information content (AvgIpc) is 3.24. The van der Waals surface area contributed by atoms with Gasteiger partial charge in [0.25, 0.3) is 0 Å². The Morgan fingerprint density at radius 2 is 1.86 bits per heavy atom. The van der Waals surface area contributed by atoms with Gasteiger partial charge in [0.2, 0.25) is 5.91 Å². The van der Waals surface area contributed by atoms with E-state index in [1.807, 2.05) is 29.6 Å². The fourth-order valence-electron chi connectivity index (χ4n) is 2.83. The zero-order chi connectivity index (χ0) is 19.8. The highest BCUT2D eigenvalue weighted by Crippen LogP contribution is 2.15. The number of nitrogens with zero attached hydrogens (tertiary/aromatic N) is 2. The Morgan fingerprint density at radius 3 is 2.54 bits per heavy atom. The van der Waals surface area contributed by atoms with Crippen molar-refractivity contribution < 1.29 is 13.2 Å². The van der Waals surface area contributed by atoms with E-state index in [4.69, 9.17) is 0 Å². The van der Waals surface area contributed by atoms with Crippen LogP contribution in [0.2, 0.25) is 0 Å². The summed E-state index contributed by atoms with van der Waals surface area (Å²) in [6, 6.07) is 16.0. The number of benzene rings is 1. The third kappa shape index (κ3) is 5.74. The summed E-state index contributed by atoms with van der Waals surface area (Å²) in [5.41, 5.74) is 0.924. The Labute approximate surface area is 169 Å². The van der Waals surface area contributed by atoms with Gasteiger partial charge in [-0.05, 0) is 41.6 Å². The molecule has 0 aliphatic rings. The van der Waals surface area contributed by atoms with Gasteiger partial charge in [-0.2, -0.15) is 0 Å². The van der Waals surface area contributed by atoms with E-state index in [2.05, 4.69) is 4.98 Å². The van der Waals surface area contributed by atoms with Gasteiger partial charge in [-0.15, -0.1) is 11.3 Å². The van der Waals surface area contributed by atoms with E-state index in [0.717, 1.165) is 12.0 Å². The van der Waals surface area contributed by atoms with Gasteiger partial charge in [-0.25, -0.2) is 8.42 Å². The van der Waals surface area contributed by atoms with Gasteiger partial charge < -0.3 is 4.90 Å². The first kappa shape index (κ1) is 20.2. The van der Waals surface area contributed by atoms with Gasteiger partial charge in [0.05, 0.1) is 10.6 Å². The summed E-state index contributed by atoms with van der Waals surface area (Å²) in [6.45, 7) is 0.961. The van der Waals surface area contributed by atoms with Crippen LogP contribution in [0.3, 0.4) is 0 Å². The van der Waals surface area contributed by atoms with Crippen molar-refractivity contribution in [1.29, 1.82) is 0 Å². The summed E-state index contributed by atoms with van der Waals surface area (Å²) < 4.78 is 25.0. The Balaban J connectivity index is 1.66. The van der Waals surface area contributed by atoms with Gasteiger partial charge in [0, 0.05) is 36.8 Å². The lowest BCUT2D eigenvalue weighted by Gasteiger charge is -2.22. The number of hydrogen-bond donors (Lipinski definition) is 0. The maximum atomic E-state index is 12.8. The number of amides is 1. The fourth-order valence-corrected chi connectivity index (χ4v) is 4.78. The molecule has 0 N–H and O–H groups in total. The van der Waals surface area contributed by atoms with Crippen molar-refractivity contribution >= 4 is 27.1 Å². The first-order chi connectivity index (χ1) is 13.5. The molecule has 0 fully saturated rings. The first-order valence-electron chi connectivity index (χ1n) is 9.01. The molecule has 0 atom stereocenters. The minimum atomic E-state index is -3.48. The Bertz CT molecular complexity index is 973. The van der Waals surface area contributed by atoms with Crippen molar-refractivity contribution in [2.24, 2.45) is 0 Å². The zero-order valence-electron chi connectivity index (χ0n) is 15.4. The molecule has 0 aliphatic heterocycles. The van der Waals surface area contributed by atoms with Crippen molar-refractivity contribution in [3.8, 4) is 0 Å². The van der Waals surface area contributed by atoms with Crippen molar-refractivity contribution in [2.75, 3.05) is 12.3 Å². The van der Waals surface area contributed by atoms with Crippen LogP contribution in [0.15, 0.2) is 77.3 Å². The SMILES string of the molecule is O=C(CCS(=O)(=O)c1ccccc1)N(CCc1cccs1)Cc1cccnc1. The molecule has 0 spiro atoms. The molecule has 3 rings (SSSR count). The predicted molar refractivity (Wildman–Crippen MR) is 111 cm³/mol. The normalized spacial score (nSPS) is 11.3. The number of sulfone groups is 1. The fraction of sp³-hybridized carbons (Fsp3) is 0.238. The van der Waals surface area contributed by atoms with E-state index >= 15 is 0 Å². The summed E-state index contributed by atoms with van der Waals surface area (Å²) in [4.78, 5) is 20.1. The van der Waals surface area contributed by atoms with Crippen molar-refractivity contribution in [1.82, 2.24) is 9.88 Å². The lowest BCUT2D eigenvalue weighted by Crippen LogP contribution is -2.33. The molecule has 0 saturated carbocycles. The monoisotopic (exact) mass is 414 g/mol. The van der Waals surface area contributed by atoms with Crippen LogP contribution in [0.4, 0.5) is 0 Å². The quantitative estimate of drug-likeness (QED) is 0.537. The summed E-state index contributed by atoms with van der Waals surface area (Å²) in [5.74, 6) is -0.363. The molecule has 7 heteroatoms. The number of carbonyl (C=O) groups excluding carboxylic acids is 1. The number of thiophene rings is 1. The van der Waals surface area contributed by atoms with E-state index in [1.165, 1.54) is 4.88 Å². The molecule has 146 valence electrons. The number of carbonyl (C=O) groups is 1. The van der Waals surface area contributed by atoms with Gasteiger partial charge in [-0.1, -0.05) is 30.3 Å². The van der Waals surface area contributed by atoms with E-state index in [0.29, 0.717) is 13.1 Å². The van der Waals surface area contributed by atoms with Gasteiger partial charge >= 0.3 is 0 Å². The highest BCUT2D eigenvalue weighted by molar-refractivity contribution is 7.91. The molecule has 2 heterocycles. The second-order valence-corrected chi connectivity index (χ2v) is 9.53. The number of rotatable bonds is 9. The third-order valence-electron chi connectivity index (χ3n) is 4.34. The Kier molecular flexibility index (Phi) is 6.95. The maximum absolute atomic E-state index is 12.8. The van der Waals surface area contributed by atoms with Crippen molar-refractivity contribution in [3.63, 3.8) is 0 Å². The molecule has 2 aromatic heterocycles. The number of aromatic nitrogens is 1. The van der Waals surface area contributed by atoms with Crippen LogP contribution in [-0.4, -0.2) is 36.5 Å². The minimum Gasteiger partial charge on any atom is -0.338 e. The molecule has 0 radical (unpaired) electrons. The van der Waals surface area contributed by atoms with Crippen molar-refractivity contribution in [2.45, 2.75) is 24.3 Å². The van der Waals surface area contributed by atoms with Gasteiger partial charge in [-0.3, -0.25) is 9.78 Å². The molecule has 1 aromatic carbocycles. The lowest BCUT2D eigenvalue weighted by molar-refractivity contribution is -0.131. The number of pyridine rings is 1. The van der Waals surface area contributed by atoms with Crippen LogP contribution >= 0.6 is 11.3 Å². The topological polar surface area (TPSA) is 67.3 Å². The summed E-state index contributed by atoms with van der Waals surface area (Å²) in [6.07, 6.45) is 4.12. The lowest BCUT2D eigenvalue weighted by atomic mass is 10.2. The van der Waals surface area contributed by atoms with Crippen LogP contribution in [0, 0.1) is 0 Å². The van der Waals surface area contributed by atoms with Crippen LogP contribution < -0.4 is 0 Å². The average molecular weight is 415 g/mol.